The largest absolute Gasteiger partial charge is 3.00 e. The van der Waals surface area contributed by atoms with Crippen LogP contribution in [0.2, 0.25) is 0 Å². The number of hydrogen-bond donors (Lipinski definition) is 0. The predicted molar refractivity (Wildman–Crippen MR) is 144 cm³/mol. The zero-order valence-electron chi connectivity index (χ0n) is 23.3. The molecule has 0 aliphatic heterocycles. The third-order valence-electron chi connectivity index (χ3n) is 5.28. The summed E-state index contributed by atoms with van der Waals surface area (Å²) in [5.74, 6) is 2.97. The molecule has 3 rings (SSSR count). The standard InChI is InChI=1S/3C9H15N2.CH4.Cr/c3*1-6(2)8-5-9(7(3)4)11-10-8;;/h3*5-7H,1-4H3;1H4;/q3*-1;;+3. The molecule has 0 bridgehead atoms. The Kier molecular flexibility index (Phi) is 16.9. The smallest absolute Gasteiger partial charge is 0.578 e. The number of rotatable bonds is 6. The topological polar surface area (TPSA) is 81.0 Å². The van der Waals surface area contributed by atoms with Gasteiger partial charge in [-0.3, -0.25) is 0 Å². The van der Waals surface area contributed by atoms with Crippen LogP contribution in [0.1, 0.15) is 160 Å². The summed E-state index contributed by atoms with van der Waals surface area (Å²) < 4.78 is 0. The van der Waals surface area contributed by atoms with Gasteiger partial charge in [0.05, 0.1) is 0 Å². The van der Waals surface area contributed by atoms with Crippen LogP contribution in [0.3, 0.4) is 0 Å². The summed E-state index contributed by atoms with van der Waals surface area (Å²) in [5, 5.41) is 24.5. The Morgan fingerprint density at radius 3 is 0.714 bits per heavy atom. The molecule has 35 heavy (non-hydrogen) atoms. The maximum Gasteiger partial charge on any atom is 3.00 e. The molecule has 0 aromatic carbocycles. The molecule has 0 amide bonds. The quantitative estimate of drug-likeness (QED) is 0.334. The second kappa shape index (κ2) is 16.8. The Morgan fingerprint density at radius 2 is 0.629 bits per heavy atom. The van der Waals surface area contributed by atoms with Crippen molar-refractivity contribution in [3.8, 4) is 0 Å². The average Bonchev–Trinajstić information content (AvgIpc) is 3.49. The molecule has 3 aromatic heterocycles. The fourth-order valence-corrected chi connectivity index (χ4v) is 2.67. The molecule has 1 radical (unpaired) electrons. The molecule has 0 fully saturated rings. The van der Waals surface area contributed by atoms with E-state index in [4.69, 9.17) is 0 Å². The van der Waals surface area contributed by atoms with Crippen LogP contribution in [-0.4, -0.2) is 15.3 Å². The normalized spacial score (nSPS) is 10.8. The Hall–Kier alpha value is -1.84. The number of aromatic nitrogens is 6. The van der Waals surface area contributed by atoms with Gasteiger partial charge in [-0.05, 0) is 35.5 Å². The van der Waals surface area contributed by atoms with E-state index >= 15 is 0 Å². The van der Waals surface area contributed by atoms with Gasteiger partial charge in [0.2, 0.25) is 0 Å². The van der Waals surface area contributed by atoms with Crippen molar-refractivity contribution in [2.75, 3.05) is 0 Å². The van der Waals surface area contributed by atoms with Crippen LogP contribution in [0.15, 0.2) is 18.2 Å². The summed E-state index contributed by atoms with van der Waals surface area (Å²) in [7, 11) is 0. The van der Waals surface area contributed by atoms with E-state index in [0.717, 1.165) is 34.2 Å². The van der Waals surface area contributed by atoms with Crippen molar-refractivity contribution < 1.29 is 17.4 Å². The van der Waals surface area contributed by atoms with Crippen LogP contribution in [0, 0.1) is 0 Å². The van der Waals surface area contributed by atoms with Crippen LogP contribution in [0.4, 0.5) is 0 Å². The minimum atomic E-state index is 0. The van der Waals surface area contributed by atoms with Gasteiger partial charge in [-0.15, -0.1) is 17.1 Å². The third-order valence-corrected chi connectivity index (χ3v) is 5.28. The molecule has 6 nitrogen and oxygen atoms in total. The first kappa shape index (κ1) is 35.3. The van der Waals surface area contributed by atoms with E-state index in [0.29, 0.717) is 35.5 Å². The summed E-state index contributed by atoms with van der Waals surface area (Å²) in [4.78, 5) is 0. The van der Waals surface area contributed by atoms with Crippen molar-refractivity contribution in [1.29, 1.82) is 0 Å². The van der Waals surface area contributed by atoms with Crippen molar-refractivity contribution in [2.45, 2.75) is 126 Å². The van der Waals surface area contributed by atoms with Crippen LogP contribution in [0.25, 0.3) is 0 Å². The molecule has 3 aromatic rings. The summed E-state index contributed by atoms with van der Waals surface area (Å²) in [6.07, 6.45) is 0. The Balaban J connectivity index is 0. The van der Waals surface area contributed by atoms with Crippen molar-refractivity contribution in [3.05, 3.63) is 52.4 Å². The number of nitrogens with zero attached hydrogens (tertiary/aromatic N) is 6. The average molecular weight is 522 g/mol. The zero-order valence-corrected chi connectivity index (χ0v) is 24.6. The second-order valence-electron chi connectivity index (χ2n) is 10.5. The molecule has 0 aliphatic rings. The minimum Gasteiger partial charge on any atom is -0.578 e. The second-order valence-corrected chi connectivity index (χ2v) is 10.5. The molecule has 0 saturated carbocycles. The van der Waals surface area contributed by atoms with Gasteiger partial charge in [-0.2, -0.15) is 0 Å². The third kappa shape index (κ3) is 12.1. The molecule has 0 saturated heterocycles. The van der Waals surface area contributed by atoms with E-state index in [-0.39, 0.29) is 24.8 Å². The Bertz CT molecular complexity index is 728. The van der Waals surface area contributed by atoms with E-state index in [9.17, 15) is 0 Å². The first-order chi connectivity index (χ1) is 15.3. The first-order valence-corrected chi connectivity index (χ1v) is 12.3. The van der Waals surface area contributed by atoms with Gasteiger partial charge in [0.25, 0.3) is 0 Å². The Labute approximate surface area is 226 Å². The molecule has 197 valence electrons. The molecular weight excluding hydrogens is 472 g/mol. The zero-order chi connectivity index (χ0) is 25.3. The molecule has 0 N–H and O–H groups in total. The van der Waals surface area contributed by atoms with Gasteiger partial charge in [-0.25, -0.2) is 0 Å². The summed E-state index contributed by atoms with van der Waals surface area (Å²) in [5.41, 5.74) is 6.63. The van der Waals surface area contributed by atoms with Gasteiger partial charge in [0, 0.05) is 17.1 Å². The Morgan fingerprint density at radius 1 is 0.429 bits per heavy atom. The van der Waals surface area contributed by atoms with Crippen molar-refractivity contribution in [2.24, 2.45) is 0 Å². The van der Waals surface area contributed by atoms with Crippen molar-refractivity contribution in [1.82, 2.24) is 30.6 Å². The van der Waals surface area contributed by atoms with Crippen molar-refractivity contribution >= 4 is 0 Å². The van der Waals surface area contributed by atoms with E-state index in [1.165, 1.54) is 0 Å². The number of hydrogen-bond acceptors (Lipinski definition) is 3. The summed E-state index contributed by atoms with van der Waals surface area (Å²) in [6.45, 7) is 25.6. The summed E-state index contributed by atoms with van der Waals surface area (Å²) >= 11 is 0. The maximum absolute atomic E-state index is 4.09. The fraction of sp³-hybridized carbons (Fsp3) is 0.679. The van der Waals surface area contributed by atoms with E-state index in [2.05, 4.69) is 132 Å². The monoisotopic (exact) mass is 521 g/mol. The van der Waals surface area contributed by atoms with Gasteiger partial charge in [-0.1, -0.05) is 109 Å². The van der Waals surface area contributed by atoms with Crippen molar-refractivity contribution in [3.63, 3.8) is 0 Å². The molecule has 0 spiro atoms. The minimum absolute atomic E-state index is 0. The molecule has 0 unspecified atom stereocenters. The molecular formula is C28H49CrN6. The SMILES string of the molecule is C.CC(C)c1cc(C(C)C)[n-]n1.CC(C)c1cc(C(C)C)[n-]n1.CC(C)c1cc(C(C)C)[n-]n1.[Cr+3]. The van der Waals surface area contributed by atoms with Crippen LogP contribution in [0.5, 0.6) is 0 Å². The van der Waals surface area contributed by atoms with Crippen LogP contribution < -0.4 is 15.3 Å². The van der Waals surface area contributed by atoms with Crippen LogP contribution >= 0.6 is 0 Å². The van der Waals surface area contributed by atoms with Crippen LogP contribution in [-0.2, 0) is 17.4 Å². The van der Waals surface area contributed by atoms with Gasteiger partial charge in [0.1, 0.15) is 0 Å². The molecule has 7 heteroatoms. The molecule has 0 atom stereocenters. The molecule has 3 heterocycles. The van der Waals surface area contributed by atoms with Gasteiger partial charge < -0.3 is 30.6 Å². The maximum atomic E-state index is 4.09. The summed E-state index contributed by atoms with van der Waals surface area (Å²) in [6, 6.07) is 6.28. The van der Waals surface area contributed by atoms with E-state index in [1.807, 2.05) is 0 Å². The van der Waals surface area contributed by atoms with Gasteiger partial charge in [0.15, 0.2) is 0 Å². The predicted octanol–water partition coefficient (Wildman–Crippen LogP) is 7.49. The van der Waals surface area contributed by atoms with E-state index < -0.39 is 0 Å². The van der Waals surface area contributed by atoms with Gasteiger partial charge >= 0.3 is 17.4 Å². The molecule has 0 aliphatic carbocycles. The first-order valence-electron chi connectivity index (χ1n) is 12.3. The fourth-order valence-electron chi connectivity index (χ4n) is 2.67. The van der Waals surface area contributed by atoms with E-state index in [1.54, 1.807) is 0 Å².